The van der Waals surface area contributed by atoms with Crippen LogP contribution in [-0.2, 0) is 9.59 Å². The lowest BCUT2D eigenvalue weighted by Crippen LogP contribution is -2.54. The van der Waals surface area contributed by atoms with E-state index in [0.29, 0.717) is 12.1 Å². The summed E-state index contributed by atoms with van der Waals surface area (Å²) in [7, 11) is 1.92. The van der Waals surface area contributed by atoms with Crippen LogP contribution < -0.4 is 15.5 Å². The molecular formula is C24H28N4O3. The molecule has 162 valence electrons. The average Bonchev–Trinajstić information content (AvgIpc) is 3.01. The zero-order chi connectivity index (χ0) is 22.0. The minimum Gasteiger partial charge on any atom is -0.343 e. The number of rotatable bonds is 5. The Morgan fingerprint density at radius 1 is 1.13 bits per heavy atom. The molecule has 2 N–H and O–H groups in total. The summed E-state index contributed by atoms with van der Waals surface area (Å²) in [5, 5.41) is 5.77. The molecule has 2 aromatic carbocycles. The molecule has 31 heavy (non-hydrogen) atoms. The molecule has 1 aliphatic heterocycles. The number of benzene rings is 2. The van der Waals surface area contributed by atoms with Crippen LogP contribution in [0.2, 0.25) is 0 Å². The summed E-state index contributed by atoms with van der Waals surface area (Å²) in [6, 6.07) is 16.8. The standard InChI is InChI=1S/C24H28N4O3/c1-17-10-8-9-15-24(17)22(30)28(23(31)26-24)16-21(29)25-19-13-6-7-14-20(19)27(2)18-11-4-3-5-12-18/h3-7,11-14,17H,8-10,15-16H2,1-2H3,(H,25,29)(H,26,31)/t17-,24-/m0/s1. The van der Waals surface area contributed by atoms with Crippen LogP contribution in [0.25, 0.3) is 0 Å². The zero-order valence-corrected chi connectivity index (χ0v) is 17.9. The SMILES string of the molecule is C[C@H]1CCCC[C@]12NC(=O)N(CC(=O)Nc1ccccc1N(C)c1ccccc1)C2=O. The summed E-state index contributed by atoms with van der Waals surface area (Å²) in [4.78, 5) is 41.5. The van der Waals surface area contributed by atoms with E-state index >= 15 is 0 Å². The van der Waals surface area contributed by atoms with Crippen molar-refractivity contribution in [2.45, 2.75) is 38.1 Å². The van der Waals surface area contributed by atoms with Crippen molar-refractivity contribution in [3.05, 3.63) is 54.6 Å². The fourth-order valence-electron chi connectivity index (χ4n) is 4.63. The van der Waals surface area contributed by atoms with Crippen molar-refractivity contribution in [1.82, 2.24) is 10.2 Å². The number of para-hydroxylation sites is 3. The van der Waals surface area contributed by atoms with E-state index in [9.17, 15) is 14.4 Å². The van der Waals surface area contributed by atoms with E-state index in [1.54, 1.807) is 0 Å². The van der Waals surface area contributed by atoms with Gasteiger partial charge in [0.1, 0.15) is 12.1 Å². The Hall–Kier alpha value is -3.35. The van der Waals surface area contributed by atoms with Crippen molar-refractivity contribution >= 4 is 34.9 Å². The highest BCUT2D eigenvalue weighted by atomic mass is 16.2. The van der Waals surface area contributed by atoms with Gasteiger partial charge in [-0.2, -0.15) is 0 Å². The quantitative estimate of drug-likeness (QED) is 0.719. The van der Waals surface area contributed by atoms with Crippen molar-refractivity contribution in [1.29, 1.82) is 0 Å². The summed E-state index contributed by atoms with van der Waals surface area (Å²) >= 11 is 0. The maximum atomic E-state index is 13.1. The number of anilines is 3. The van der Waals surface area contributed by atoms with Gasteiger partial charge in [0.2, 0.25) is 5.91 Å². The first-order chi connectivity index (χ1) is 14.9. The molecule has 4 amide bonds. The van der Waals surface area contributed by atoms with Gasteiger partial charge in [0.25, 0.3) is 5.91 Å². The summed E-state index contributed by atoms with van der Waals surface area (Å²) < 4.78 is 0. The van der Waals surface area contributed by atoms with E-state index in [2.05, 4.69) is 10.6 Å². The zero-order valence-electron chi connectivity index (χ0n) is 17.9. The van der Waals surface area contributed by atoms with Gasteiger partial charge in [0, 0.05) is 12.7 Å². The van der Waals surface area contributed by atoms with Gasteiger partial charge in [0.05, 0.1) is 11.4 Å². The first-order valence-corrected chi connectivity index (χ1v) is 10.7. The minimum atomic E-state index is -0.860. The van der Waals surface area contributed by atoms with Gasteiger partial charge in [-0.1, -0.05) is 50.1 Å². The number of imide groups is 1. The van der Waals surface area contributed by atoms with Crippen LogP contribution in [-0.4, -0.2) is 41.9 Å². The summed E-state index contributed by atoms with van der Waals surface area (Å²) in [5.74, 6) is -0.626. The molecule has 2 aliphatic rings. The molecule has 1 heterocycles. The van der Waals surface area contributed by atoms with Gasteiger partial charge < -0.3 is 15.5 Å². The average molecular weight is 421 g/mol. The summed E-state index contributed by atoms with van der Waals surface area (Å²) in [5.41, 5.74) is 1.55. The Morgan fingerprint density at radius 3 is 2.58 bits per heavy atom. The Kier molecular flexibility index (Phi) is 5.67. The lowest BCUT2D eigenvalue weighted by molar-refractivity contribution is -0.136. The highest BCUT2D eigenvalue weighted by molar-refractivity contribution is 6.10. The Labute approximate surface area is 182 Å². The van der Waals surface area contributed by atoms with Crippen molar-refractivity contribution in [3.63, 3.8) is 0 Å². The molecular weight excluding hydrogens is 392 g/mol. The predicted molar refractivity (Wildman–Crippen MR) is 120 cm³/mol. The molecule has 4 rings (SSSR count). The number of carbonyl (C=O) groups excluding carboxylic acids is 3. The van der Waals surface area contributed by atoms with Crippen molar-refractivity contribution in [2.75, 3.05) is 23.8 Å². The molecule has 1 aliphatic carbocycles. The van der Waals surface area contributed by atoms with Crippen molar-refractivity contribution in [2.24, 2.45) is 5.92 Å². The number of hydrogen-bond acceptors (Lipinski definition) is 4. The predicted octanol–water partition coefficient (Wildman–Crippen LogP) is 3.89. The molecule has 7 heteroatoms. The largest absolute Gasteiger partial charge is 0.343 e. The Morgan fingerprint density at radius 2 is 1.84 bits per heavy atom. The molecule has 2 fully saturated rings. The second kappa shape index (κ2) is 8.41. The molecule has 0 radical (unpaired) electrons. The van der Waals surface area contributed by atoms with Crippen LogP contribution in [0.4, 0.5) is 21.9 Å². The van der Waals surface area contributed by atoms with Crippen molar-refractivity contribution < 1.29 is 14.4 Å². The van der Waals surface area contributed by atoms with Crippen LogP contribution in [0, 0.1) is 5.92 Å². The Bertz CT molecular complexity index is 993. The van der Waals surface area contributed by atoms with Gasteiger partial charge in [-0.05, 0) is 43.0 Å². The fourth-order valence-corrected chi connectivity index (χ4v) is 4.63. The molecule has 7 nitrogen and oxygen atoms in total. The summed E-state index contributed by atoms with van der Waals surface area (Å²) in [6.45, 7) is 1.69. The molecule has 0 aromatic heterocycles. The van der Waals surface area contributed by atoms with Gasteiger partial charge in [-0.25, -0.2) is 4.79 Å². The highest BCUT2D eigenvalue weighted by Crippen LogP contribution is 2.38. The van der Waals surface area contributed by atoms with E-state index in [0.717, 1.165) is 35.5 Å². The van der Waals surface area contributed by atoms with E-state index in [4.69, 9.17) is 0 Å². The molecule has 0 unspecified atom stereocenters. The fraction of sp³-hybridized carbons (Fsp3) is 0.375. The minimum absolute atomic E-state index is 0.0611. The third-order valence-corrected chi connectivity index (χ3v) is 6.49. The van der Waals surface area contributed by atoms with Crippen molar-refractivity contribution in [3.8, 4) is 0 Å². The van der Waals surface area contributed by atoms with E-state index in [1.807, 2.05) is 73.5 Å². The van der Waals surface area contributed by atoms with Gasteiger partial charge in [-0.3, -0.25) is 14.5 Å². The van der Waals surface area contributed by atoms with Crippen LogP contribution in [0.1, 0.15) is 32.6 Å². The normalized spacial score (nSPS) is 23.0. The first kappa shape index (κ1) is 20.9. The number of urea groups is 1. The van der Waals surface area contributed by atoms with E-state index in [1.165, 1.54) is 0 Å². The van der Waals surface area contributed by atoms with Gasteiger partial charge in [-0.15, -0.1) is 0 Å². The topological polar surface area (TPSA) is 81.8 Å². The molecule has 1 saturated heterocycles. The smallest absolute Gasteiger partial charge is 0.325 e. The lowest BCUT2D eigenvalue weighted by atomic mass is 9.73. The number of hydrogen-bond donors (Lipinski definition) is 2. The highest BCUT2D eigenvalue weighted by Gasteiger charge is 2.55. The van der Waals surface area contributed by atoms with E-state index < -0.39 is 17.5 Å². The van der Waals surface area contributed by atoms with Gasteiger partial charge in [0.15, 0.2) is 0 Å². The van der Waals surface area contributed by atoms with Crippen LogP contribution in [0.15, 0.2) is 54.6 Å². The maximum absolute atomic E-state index is 13.1. The van der Waals surface area contributed by atoms with Crippen LogP contribution in [0.5, 0.6) is 0 Å². The number of nitrogens with one attached hydrogen (secondary N) is 2. The third kappa shape index (κ3) is 3.87. The Balaban J connectivity index is 1.49. The molecule has 2 aromatic rings. The maximum Gasteiger partial charge on any atom is 0.325 e. The molecule has 0 bridgehead atoms. The van der Waals surface area contributed by atoms with Crippen LogP contribution in [0.3, 0.4) is 0 Å². The third-order valence-electron chi connectivity index (χ3n) is 6.49. The number of amides is 4. The second-order valence-electron chi connectivity index (χ2n) is 8.40. The molecule has 2 atom stereocenters. The first-order valence-electron chi connectivity index (χ1n) is 10.7. The number of carbonyl (C=O) groups is 3. The van der Waals surface area contributed by atoms with Crippen LogP contribution >= 0.6 is 0 Å². The molecule has 1 spiro atoms. The molecule has 1 saturated carbocycles. The monoisotopic (exact) mass is 420 g/mol. The number of nitrogens with zero attached hydrogens (tertiary/aromatic N) is 2. The van der Waals surface area contributed by atoms with Gasteiger partial charge >= 0.3 is 6.03 Å². The summed E-state index contributed by atoms with van der Waals surface area (Å²) in [6.07, 6.45) is 3.47. The lowest BCUT2D eigenvalue weighted by Gasteiger charge is -2.36. The van der Waals surface area contributed by atoms with E-state index in [-0.39, 0.29) is 18.4 Å². The second-order valence-corrected chi connectivity index (χ2v) is 8.40.